The molecular weight excluding hydrogens is 210 g/mol. The fourth-order valence-electron chi connectivity index (χ4n) is 1.20. The Hall–Kier alpha value is -0.730. The third kappa shape index (κ3) is 6.37. The van der Waals surface area contributed by atoms with Crippen LogP contribution in [0.25, 0.3) is 0 Å². The summed E-state index contributed by atoms with van der Waals surface area (Å²) < 4.78 is 5.54. The molecule has 0 aliphatic heterocycles. The minimum atomic E-state index is 0.194. The summed E-state index contributed by atoms with van der Waals surface area (Å²) in [6.45, 7) is 4.53. The number of rotatable bonds is 7. The molecule has 0 aromatic heterocycles. The highest BCUT2D eigenvalue weighted by Gasteiger charge is 1.95. The van der Waals surface area contributed by atoms with Crippen LogP contribution in [0.2, 0.25) is 0 Å². The molecule has 0 radical (unpaired) electrons. The van der Waals surface area contributed by atoms with Crippen molar-refractivity contribution in [2.24, 2.45) is 0 Å². The lowest BCUT2D eigenvalue weighted by molar-refractivity contribution is 0.308. The number of alkyl halides is 1. The molecule has 1 aromatic rings. The largest absolute Gasteiger partial charge is 0.494 e. The average molecular weight is 228 g/mol. The predicted molar refractivity (Wildman–Crippen MR) is 64.7 cm³/mol. The van der Waals surface area contributed by atoms with Gasteiger partial charge < -0.3 is 10.1 Å². The van der Waals surface area contributed by atoms with Gasteiger partial charge in [0.2, 0.25) is 0 Å². The summed E-state index contributed by atoms with van der Waals surface area (Å²) in [7, 11) is 0. The first-order valence-electron chi connectivity index (χ1n) is 5.31. The first-order chi connectivity index (χ1) is 7.29. The number of hydrogen-bond acceptors (Lipinski definition) is 2. The topological polar surface area (TPSA) is 21.3 Å². The summed E-state index contributed by atoms with van der Waals surface area (Å²) in [4.78, 5) is 0. The number of benzene rings is 1. The molecular formula is C12H18ClNO. The zero-order valence-corrected chi connectivity index (χ0v) is 9.83. The van der Waals surface area contributed by atoms with Crippen molar-refractivity contribution in [3.05, 3.63) is 30.3 Å². The van der Waals surface area contributed by atoms with Crippen LogP contribution in [0.15, 0.2) is 30.3 Å². The lowest BCUT2D eigenvalue weighted by Gasteiger charge is -2.07. The van der Waals surface area contributed by atoms with Crippen molar-refractivity contribution >= 4 is 11.6 Å². The highest BCUT2D eigenvalue weighted by Crippen LogP contribution is 2.07. The third-order valence-electron chi connectivity index (χ3n) is 1.94. The van der Waals surface area contributed by atoms with Crippen molar-refractivity contribution in [3.8, 4) is 5.75 Å². The Morgan fingerprint density at radius 3 is 2.73 bits per heavy atom. The van der Waals surface area contributed by atoms with Gasteiger partial charge in [0.15, 0.2) is 0 Å². The van der Waals surface area contributed by atoms with Crippen molar-refractivity contribution in [2.45, 2.75) is 18.7 Å². The molecule has 84 valence electrons. The Labute approximate surface area is 96.6 Å². The van der Waals surface area contributed by atoms with Gasteiger partial charge in [0.05, 0.1) is 6.61 Å². The van der Waals surface area contributed by atoms with Crippen LogP contribution in [0.3, 0.4) is 0 Å². The zero-order chi connectivity index (χ0) is 10.9. The molecule has 0 amide bonds. The van der Waals surface area contributed by atoms with E-state index < -0.39 is 0 Å². The van der Waals surface area contributed by atoms with Crippen molar-refractivity contribution in [1.29, 1.82) is 0 Å². The normalized spacial score (nSPS) is 12.4. The molecule has 0 aliphatic rings. The second-order valence-corrected chi connectivity index (χ2v) is 4.25. The minimum Gasteiger partial charge on any atom is -0.494 e. The lowest BCUT2D eigenvalue weighted by atomic mass is 10.3. The first kappa shape index (κ1) is 12.3. The van der Waals surface area contributed by atoms with E-state index in [1.165, 1.54) is 0 Å². The number of hydrogen-bond donors (Lipinski definition) is 1. The van der Waals surface area contributed by atoms with Crippen molar-refractivity contribution < 1.29 is 4.74 Å². The number of halogens is 1. The van der Waals surface area contributed by atoms with Crippen LogP contribution in [0.5, 0.6) is 5.75 Å². The number of ether oxygens (including phenoxy) is 1. The quantitative estimate of drug-likeness (QED) is 0.571. The van der Waals surface area contributed by atoms with Crippen molar-refractivity contribution in [3.63, 3.8) is 0 Å². The van der Waals surface area contributed by atoms with Crippen molar-refractivity contribution in [2.75, 3.05) is 19.7 Å². The van der Waals surface area contributed by atoms with Gasteiger partial charge in [-0.25, -0.2) is 0 Å². The van der Waals surface area contributed by atoms with Gasteiger partial charge in [-0.1, -0.05) is 18.2 Å². The zero-order valence-electron chi connectivity index (χ0n) is 9.08. The van der Waals surface area contributed by atoms with Crippen LogP contribution < -0.4 is 10.1 Å². The van der Waals surface area contributed by atoms with E-state index in [1.807, 2.05) is 37.3 Å². The van der Waals surface area contributed by atoms with E-state index in [1.54, 1.807) is 0 Å². The molecule has 0 spiro atoms. The summed E-state index contributed by atoms with van der Waals surface area (Å²) in [5, 5.41) is 3.45. The molecule has 0 heterocycles. The predicted octanol–water partition coefficient (Wildman–Crippen LogP) is 2.67. The van der Waals surface area contributed by atoms with Gasteiger partial charge in [-0.05, 0) is 32.0 Å². The van der Waals surface area contributed by atoms with E-state index in [9.17, 15) is 0 Å². The molecule has 0 bridgehead atoms. The standard InChI is InChI=1S/C12H18ClNO/c1-11(13)10-14-8-5-9-15-12-6-3-2-4-7-12/h2-4,6-7,11,14H,5,8-10H2,1H3. The average Bonchev–Trinajstić information content (AvgIpc) is 2.24. The van der Waals surface area contributed by atoms with Gasteiger partial charge in [-0.2, -0.15) is 0 Å². The monoisotopic (exact) mass is 227 g/mol. The summed E-state index contributed by atoms with van der Waals surface area (Å²) in [6.07, 6.45) is 0.999. The maximum Gasteiger partial charge on any atom is 0.119 e. The molecule has 1 rings (SSSR count). The van der Waals surface area contributed by atoms with Crippen LogP contribution in [-0.4, -0.2) is 25.1 Å². The SMILES string of the molecule is CC(Cl)CNCCCOc1ccccc1. The summed E-state index contributed by atoms with van der Waals surface area (Å²) in [5.74, 6) is 0.934. The van der Waals surface area contributed by atoms with E-state index in [-0.39, 0.29) is 5.38 Å². The number of para-hydroxylation sites is 1. The highest BCUT2D eigenvalue weighted by atomic mass is 35.5. The third-order valence-corrected chi connectivity index (χ3v) is 2.09. The molecule has 0 aliphatic carbocycles. The maximum absolute atomic E-state index is 5.79. The number of nitrogens with one attached hydrogen (secondary N) is 1. The summed E-state index contributed by atoms with van der Waals surface area (Å²) >= 11 is 5.79. The molecule has 2 nitrogen and oxygen atoms in total. The lowest BCUT2D eigenvalue weighted by Crippen LogP contribution is -2.23. The molecule has 0 saturated carbocycles. The van der Waals surface area contributed by atoms with Crippen LogP contribution in [0.4, 0.5) is 0 Å². The molecule has 3 heteroatoms. The molecule has 1 atom stereocenters. The van der Waals surface area contributed by atoms with Gasteiger partial charge in [0.25, 0.3) is 0 Å². The van der Waals surface area contributed by atoms with Crippen LogP contribution in [-0.2, 0) is 0 Å². The van der Waals surface area contributed by atoms with Gasteiger partial charge >= 0.3 is 0 Å². The Bertz CT molecular complexity index is 251. The molecule has 1 unspecified atom stereocenters. The highest BCUT2D eigenvalue weighted by molar-refractivity contribution is 6.20. The van der Waals surface area contributed by atoms with E-state index in [0.29, 0.717) is 0 Å². The molecule has 15 heavy (non-hydrogen) atoms. The summed E-state index contributed by atoms with van der Waals surface area (Å²) in [6, 6.07) is 9.87. The van der Waals surface area contributed by atoms with Gasteiger partial charge in [-0.15, -0.1) is 11.6 Å². The van der Waals surface area contributed by atoms with Crippen LogP contribution in [0, 0.1) is 0 Å². The van der Waals surface area contributed by atoms with E-state index in [4.69, 9.17) is 16.3 Å². The van der Waals surface area contributed by atoms with Gasteiger partial charge in [0.1, 0.15) is 5.75 Å². The maximum atomic E-state index is 5.79. The van der Waals surface area contributed by atoms with Crippen LogP contribution in [0.1, 0.15) is 13.3 Å². The molecule has 1 aromatic carbocycles. The Balaban J connectivity index is 1.98. The minimum absolute atomic E-state index is 0.194. The van der Waals surface area contributed by atoms with E-state index in [0.717, 1.165) is 31.9 Å². The molecule has 0 saturated heterocycles. The Morgan fingerprint density at radius 1 is 1.33 bits per heavy atom. The Kier molecular flexibility index (Phi) is 6.21. The van der Waals surface area contributed by atoms with Gasteiger partial charge in [-0.3, -0.25) is 0 Å². The fraction of sp³-hybridized carbons (Fsp3) is 0.500. The second kappa shape index (κ2) is 7.55. The molecule has 0 fully saturated rings. The fourth-order valence-corrected chi connectivity index (χ4v) is 1.31. The summed E-state index contributed by atoms with van der Waals surface area (Å²) in [5.41, 5.74) is 0. The van der Waals surface area contributed by atoms with Gasteiger partial charge in [0, 0.05) is 11.9 Å². The second-order valence-electron chi connectivity index (χ2n) is 3.50. The molecule has 1 N–H and O–H groups in total. The smallest absolute Gasteiger partial charge is 0.119 e. The van der Waals surface area contributed by atoms with Crippen LogP contribution >= 0.6 is 11.6 Å². The van der Waals surface area contributed by atoms with E-state index in [2.05, 4.69) is 5.32 Å². The van der Waals surface area contributed by atoms with E-state index >= 15 is 0 Å². The Morgan fingerprint density at radius 2 is 2.07 bits per heavy atom. The van der Waals surface area contributed by atoms with Crippen molar-refractivity contribution in [1.82, 2.24) is 5.32 Å². The first-order valence-corrected chi connectivity index (χ1v) is 5.75.